The summed E-state index contributed by atoms with van der Waals surface area (Å²) in [6, 6.07) is 5.97. The van der Waals surface area contributed by atoms with E-state index in [-0.39, 0.29) is 10.6 Å². The third-order valence-electron chi connectivity index (χ3n) is 2.97. The third kappa shape index (κ3) is 3.24. The first-order valence-corrected chi connectivity index (χ1v) is 6.25. The standard InChI is InChI=1S/C15H9ClF4O/c1-8-2-3-9(6-12(8)16)14(21)11-7-10(15(18,19)20)4-5-13(11)17/h2-7H,1H3. The molecule has 6 heteroatoms. The third-order valence-corrected chi connectivity index (χ3v) is 3.38. The van der Waals surface area contributed by atoms with Crippen molar-refractivity contribution in [3.8, 4) is 0 Å². The summed E-state index contributed by atoms with van der Waals surface area (Å²) < 4.78 is 51.5. The average Bonchev–Trinajstić information content (AvgIpc) is 2.40. The van der Waals surface area contributed by atoms with Gasteiger partial charge in [-0.2, -0.15) is 13.2 Å². The van der Waals surface area contributed by atoms with Crippen LogP contribution in [0.15, 0.2) is 36.4 Å². The van der Waals surface area contributed by atoms with Crippen molar-refractivity contribution < 1.29 is 22.4 Å². The van der Waals surface area contributed by atoms with Crippen LogP contribution in [0.25, 0.3) is 0 Å². The summed E-state index contributed by atoms with van der Waals surface area (Å²) in [5.41, 5.74) is -0.975. The van der Waals surface area contributed by atoms with Crippen molar-refractivity contribution >= 4 is 17.4 Å². The molecule has 0 amide bonds. The molecule has 2 aromatic rings. The van der Waals surface area contributed by atoms with Gasteiger partial charge in [0.15, 0.2) is 5.78 Å². The highest BCUT2D eigenvalue weighted by atomic mass is 35.5. The topological polar surface area (TPSA) is 17.1 Å². The summed E-state index contributed by atoms with van der Waals surface area (Å²) in [5.74, 6) is -1.86. The van der Waals surface area contributed by atoms with Crippen molar-refractivity contribution in [3.63, 3.8) is 0 Å². The number of rotatable bonds is 2. The molecule has 0 bridgehead atoms. The van der Waals surface area contributed by atoms with E-state index in [4.69, 9.17) is 11.6 Å². The Hall–Kier alpha value is -1.88. The lowest BCUT2D eigenvalue weighted by atomic mass is 9.99. The molecule has 0 heterocycles. The number of benzene rings is 2. The van der Waals surface area contributed by atoms with E-state index in [9.17, 15) is 22.4 Å². The van der Waals surface area contributed by atoms with Gasteiger partial charge in [0, 0.05) is 10.6 Å². The monoisotopic (exact) mass is 316 g/mol. The molecule has 0 aromatic heterocycles. The van der Waals surface area contributed by atoms with E-state index in [1.807, 2.05) is 0 Å². The smallest absolute Gasteiger partial charge is 0.288 e. The largest absolute Gasteiger partial charge is 0.416 e. The van der Waals surface area contributed by atoms with Gasteiger partial charge in [-0.3, -0.25) is 4.79 Å². The molecule has 0 N–H and O–H groups in total. The SMILES string of the molecule is Cc1ccc(C(=O)c2cc(C(F)(F)F)ccc2F)cc1Cl. The Labute approximate surface area is 123 Å². The maximum absolute atomic E-state index is 13.7. The van der Waals surface area contributed by atoms with Crippen LogP contribution in [-0.2, 0) is 6.18 Å². The van der Waals surface area contributed by atoms with Gasteiger partial charge in [0.1, 0.15) is 5.82 Å². The number of carbonyl (C=O) groups is 1. The van der Waals surface area contributed by atoms with Gasteiger partial charge in [-0.1, -0.05) is 23.7 Å². The van der Waals surface area contributed by atoms with Gasteiger partial charge in [-0.25, -0.2) is 4.39 Å². The lowest BCUT2D eigenvalue weighted by molar-refractivity contribution is -0.137. The number of hydrogen-bond acceptors (Lipinski definition) is 1. The van der Waals surface area contributed by atoms with E-state index in [1.54, 1.807) is 13.0 Å². The predicted molar refractivity (Wildman–Crippen MR) is 71.0 cm³/mol. The molecule has 0 aliphatic rings. The Morgan fingerprint density at radius 1 is 1.10 bits per heavy atom. The first-order valence-electron chi connectivity index (χ1n) is 5.88. The van der Waals surface area contributed by atoms with Crippen LogP contribution in [0.3, 0.4) is 0 Å². The van der Waals surface area contributed by atoms with E-state index >= 15 is 0 Å². The lowest BCUT2D eigenvalue weighted by Crippen LogP contribution is -2.10. The molecule has 0 atom stereocenters. The molecule has 1 nitrogen and oxygen atoms in total. The second-order valence-corrected chi connectivity index (χ2v) is 4.89. The van der Waals surface area contributed by atoms with E-state index in [0.717, 1.165) is 0 Å². The number of aryl methyl sites for hydroxylation is 1. The Morgan fingerprint density at radius 2 is 1.76 bits per heavy atom. The second kappa shape index (κ2) is 5.48. The number of alkyl halides is 3. The first-order chi connectivity index (χ1) is 9.70. The summed E-state index contributed by atoms with van der Waals surface area (Å²) in [4.78, 5) is 12.1. The van der Waals surface area contributed by atoms with Gasteiger partial charge in [0.25, 0.3) is 0 Å². The Morgan fingerprint density at radius 3 is 2.33 bits per heavy atom. The maximum Gasteiger partial charge on any atom is 0.416 e. The van der Waals surface area contributed by atoms with Crippen LogP contribution < -0.4 is 0 Å². The van der Waals surface area contributed by atoms with Gasteiger partial charge >= 0.3 is 6.18 Å². The second-order valence-electron chi connectivity index (χ2n) is 4.49. The molecule has 0 saturated carbocycles. The van der Waals surface area contributed by atoms with Crippen LogP contribution >= 0.6 is 11.6 Å². The lowest BCUT2D eigenvalue weighted by Gasteiger charge is -2.10. The number of halogens is 5. The molecule has 110 valence electrons. The molecule has 0 unspecified atom stereocenters. The zero-order chi connectivity index (χ0) is 15.8. The van der Waals surface area contributed by atoms with Crippen molar-refractivity contribution in [2.45, 2.75) is 13.1 Å². The van der Waals surface area contributed by atoms with Crippen molar-refractivity contribution in [1.82, 2.24) is 0 Å². The quantitative estimate of drug-likeness (QED) is 0.560. The molecule has 21 heavy (non-hydrogen) atoms. The molecule has 0 fully saturated rings. The molecule has 0 radical (unpaired) electrons. The molecule has 2 rings (SSSR count). The zero-order valence-electron chi connectivity index (χ0n) is 10.8. The first kappa shape index (κ1) is 15.5. The van der Waals surface area contributed by atoms with Crippen LogP contribution in [0.4, 0.5) is 17.6 Å². The van der Waals surface area contributed by atoms with Gasteiger partial charge < -0.3 is 0 Å². The van der Waals surface area contributed by atoms with Crippen molar-refractivity contribution in [2.75, 3.05) is 0 Å². The molecule has 0 aliphatic carbocycles. The summed E-state index contributed by atoms with van der Waals surface area (Å²) in [6.07, 6.45) is -4.65. The fourth-order valence-electron chi connectivity index (χ4n) is 1.77. The normalized spacial score (nSPS) is 11.5. The molecule has 2 aromatic carbocycles. The predicted octanol–water partition coefficient (Wildman–Crippen LogP) is 5.04. The molecule has 0 spiro atoms. The molecular formula is C15H9ClF4O. The average molecular weight is 317 g/mol. The van der Waals surface area contributed by atoms with Gasteiger partial charge in [0.2, 0.25) is 0 Å². The molecule has 0 saturated heterocycles. The number of hydrogen-bond donors (Lipinski definition) is 0. The van der Waals surface area contributed by atoms with E-state index < -0.39 is 28.9 Å². The van der Waals surface area contributed by atoms with Gasteiger partial charge in [0.05, 0.1) is 11.1 Å². The van der Waals surface area contributed by atoms with Crippen LogP contribution in [0, 0.1) is 12.7 Å². The Bertz CT molecular complexity index is 707. The van der Waals surface area contributed by atoms with Gasteiger partial charge in [-0.05, 0) is 36.8 Å². The summed E-state index contributed by atoms with van der Waals surface area (Å²) in [6.45, 7) is 1.71. The van der Waals surface area contributed by atoms with Crippen molar-refractivity contribution in [3.05, 3.63) is 69.5 Å². The van der Waals surface area contributed by atoms with E-state index in [1.165, 1.54) is 12.1 Å². The van der Waals surface area contributed by atoms with Crippen LogP contribution in [0.1, 0.15) is 27.0 Å². The van der Waals surface area contributed by atoms with E-state index in [2.05, 4.69) is 0 Å². The molecule has 0 aliphatic heterocycles. The van der Waals surface area contributed by atoms with Crippen molar-refractivity contribution in [2.24, 2.45) is 0 Å². The fourth-order valence-corrected chi connectivity index (χ4v) is 1.95. The minimum atomic E-state index is -4.65. The highest BCUT2D eigenvalue weighted by Gasteiger charge is 2.32. The van der Waals surface area contributed by atoms with Crippen molar-refractivity contribution in [1.29, 1.82) is 0 Å². The summed E-state index contributed by atoms with van der Waals surface area (Å²) in [7, 11) is 0. The number of ketones is 1. The van der Waals surface area contributed by atoms with Gasteiger partial charge in [-0.15, -0.1) is 0 Å². The van der Waals surface area contributed by atoms with Crippen LogP contribution in [-0.4, -0.2) is 5.78 Å². The summed E-state index contributed by atoms with van der Waals surface area (Å²) in [5, 5.41) is 0.285. The Kier molecular flexibility index (Phi) is 4.05. The Balaban J connectivity index is 2.50. The minimum absolute atomic E-state index is 0.0313. The summed E-state index contributed by atoms with van der Waals surface area (Å²) >= 11 is 5.86. The minimum Gasteiger partial charge on any atom is -0.288 e. The maximum atomic E-state index is 13.7. The van der Waals surface area contributed by atoms with Crippen LogP contribution in [0.2, 0.25) is 5.02 Å². The highest BCUT2D eigenvalue weighted by Crippen LogP contribution is 2.31. The van der Waals surface area contributed by atoms with E-state index in [0.29, 0.717) is 23.8 Å². The highest BCUT2D eigenvalue weighted by molar-refractivity contribution is 6.31. The van der Waals surface area contributed by atoms with Crippen LogP contribution in [0.5, 0.6) is 0 Å². The zero-order valence-corrected chi connectivity index (χ0v) is 11.5. The number of carbonyl (C=O) groups excluding carboxylic acids is 1. The molecular weight excluding hydrogens is 308 g/mol. The fraction of sp³-hybridized carbons (Fsp3) is 0.133.